The molecule has 3 heterocycles. The van der Waals surface area contributed by atoms with Gasteiger partial charge in [0.15, 0.2) is 5.65 Å². The van der Waals surface area contributed by atoms with E-state index in [4.69, 9.17) is 0 Å². The van der Waals surface area contributed by atoms with E-state index in [0.29, 0.717) is 16.9 Å². The highest BCUT2D eigenvalue weighted by molar-refractivity contribution is 7.90. The highest BCUT2D eigenvalue weighted by Gasteiger charge is 2.20. The molecule has 0 atom stereocenters. The van der Waals surface area contributed by atoms with Crippen LogP contribution in [0.25, 0.3) is 11.3 Å². The van der Waals surface area contributed by atoms with Crippen molar-refractivity contribution in [2.24, 2.45) is 0 Å². The van der Waals surface area contributed by atoms with Crippen LogP contribution in [0, 0.1) is 5.82 Å². The molecule has 1 N–H and O–H groups in total. The minimum atomic E-state index is -3.65. The summed E-state index contributed by atoms with van der Waals surface area (Å²) >= 11 is 0. The van der Waals surface area contributed by atoms with E-state index >= 15 is 0 Å². The SMILES string of the molecule is CC(C)c1cnn2c(NCc3cc(F)ccc3-n3cccn3)nc(S(C)(=O)=O)nc12. The fraction of sp³-hybridized carbons (Fsp3) is 0.263. The first kappa shape index (κ1) is 20.0. The van der Waals surface area contributed by atoms with E-state index < -0.39 is 15.7 Å². The molecule has 0 saturated heterocycles. The molecule has 0 fully saturated rings. The summed E-state index contributed by atoms with van der Waals surface area (Å²) in [6.45, 7) is 4.10. The molecule has 30 heavy (non-hydrogen) atoms. The molecule has 9 nitrogen and oxygen atoms in total. The quantitative estimate of drug-likeness (QED) is 0.502. The second-order valence-corrected chi connectivity index (χ2v) is 9.08. The van der Waals surface area contributed by atoms with Gasteiger partial charge < -0.3 is 5.32 Å². The Kier molecular flexibility index (Phi) is 4.98. The molecule has 0 radical (unpaired) electrons. The topological polar surface area (TPSA) is 107 Å². The third kappa shape index (κ3) is 3.75. The van der Waals surface area contributed by atoms with Crippen molar-refractivity contribution in [3.63, 3.8) is 0 Å². The number of aromatic nitrogens is 6. The van der Waals surface area contributed by atoms with Crippen molar-refractivity contribution in [2.75, 3.05) is 11.6 Å². The minimum absolute atomic E-state index is 0.0901. The molecule has 1 aromatic carbocycles. The number of benzene rings is 1. The summed E-state index contributed by atoms with van der Waals surface area (Å²) in [6.07, 6.45) is 6.08. The molecule has 0 spiro atoms. The predicted octanol–water partition coefficient (Wildman–Crippen LogP) is 2.59. The van der Waals surface area contributed by atoms with E-state index in [9.17, 15) is 12.8 Å². The van der Waals surface area contributed by atoms with Crippen LogP contribution in [-0.2, 0) is 16.4 Å². The zero-order chi connectivity index (χ0) is 21.5. The average Bonchev–Trinajstić information content (AvgIpc) is 3.35. The van der Waals surface area contributed by atoms with Crippen molar-refractivity contribution in [2.45, 2.75) is 31.5 Å². The normalized spacial score (nSPS) is 12.0. The van der Waals surface area contributed by atoms with Gasteiger partial charge in [0.05, 0.1) is 11.9 Å². The van der Waals surface area contributed by atoms with E-state index in [0.717, 1.165) is 11.8 Å². The second-order valence-electron chi connectivity index (χ2n) is 7.17. The van der Waals surface area contributed by atoms with Crippen LogP contribution in [0.2, 0.25) is 0 Å². The zero-order valence-electron chi connectivity index (χ0n) is 16.6. The molecular weight excluding hydrogens is 409 g/mol. The van der Waals surface area contributed by atoms with Gasteiger partial charge in [0, 0.05) is 30.8 Å². The molecule has 0 bridgehead atoms. The molecule has 3 aromatic heterocycles. The van der Waals surface area contributed by atoms with Crippen LogP contribution in [0.4, 0.5) is 10.3 Å². The average molecular weight is 429 g/mol. The van der Waals surface area contributed by atoms with E-state index in [-0.39, 0.29) is 23.6 Å². The maximum atomic E-state index is 13.9. The Morgan fingerprint density at radius 3 is 2.67 bits per heavy atom. The van der Waals surface area contributed by atoms with Gasteiger partial charge in [0.25, 0.3) is 5.16 Å². The molecule has 0 saturated carbocycles. The van der Waals surface area contributed by atoms with Gasteiger partial charge in [-0.25, -0.2) is 17.5 Å². The molecule has 11 heteroatoms. The fourth-order valence-electron chi connectivity index (χ4n) is 3.07. The first-order valence-electron chi connectivity index (χ1n) is 9.22. The summed E-state index contributed by atoms with van der Waals surface area (Å²) < 4.78 is 41.2. The van der Waals surface area contributed by atoms with Crippen molar-refractivity contribution in [3.8, 4) is 5.69 Å². The number of anilines is 1. The van der Waals surface area contributed by atoms with Crippen LogP contribution in [0.3, 0.4) is 0 Å². The molecular formula is C19H20FN7O2S. The lowest BCUT2D eigenvalue weighted by Gasteiger charge is -2.13. The molecule has 156 valence electrons. The van der Waals surface area contributed by atoms with E-state index in [1.54, 1.807) is 35.4 Å². The molecule has 4 rings (SSSR count). The standard InChI is InChI=1S/C19H20FN7O2S/c1-12(2)15-11-23-27-17(15)24-19(30(3,28)29)25-18(27)21-10-13-9-14(20)5-6-16(13)26-8-4-7-22-26/h4-9,11-12H,10H2,1-3H3,(H,21,24,25). The molecule has 0 aliphatic heterocycles. The Morgan fingerprint density at radius 1 is 1.20 bits per heavy atom. The molecule has 0 amide bonds. The lowest BCUT2D eigenvalue weighted by molar-refractivity contribution is 0.592. The van der Waals surface area contributed by atoms with Gasteiger partial charge in [-0.15, -0.1) is 0 Å². The van der Waals surface area contributed by atoms with Crippen molar-refractivity contribution >= 4 is 21.4 Å². The fourth-order valence-corrected chi connectivity index (χ4v) is 3.57. The number of sulfone groups is 1. The van der Waals surface area contributed by atoms with Gasteiger partial charge >= 0.3 is 0 Å². The summed E-state index contributed by atoms with van der Waals surface area (Å²) in [4.78, 5) is 8.35. The van der Waals surface area contributed by atoms with Gasteiger partial charge in [-0.3, -0.25) is 0 Å². The van der Waals surface area contributed by atoms with Crippen LogP contribution < -0.4 is 5.32 Å². The Balaban J connectivity index is 1.78. The van der Waals surface area contributed by atoms with Crippen LogP contribution in [0.15, 0.2) is 48.0 Å². The first-order valence-corrected chi connectivity index (χ1v) is 11.1. The van der Waals surface area contributed by atoms with Gasteiger partial charge in [-0.1, -0.05) is 13.8 Å². The third-order valence-electron chi connectivity index (χ3n) is 4.56. The summed E-state index contributed by atoms with van der Waals surface area (Å²) in [5.41, 5.74) is 2.51. The second kappa shape index (κ2) is 7.48. The molecule has 4 aromatic rings. The first-order chi connectivity index (χ1) is 14.2. The number of halogens is 1. The monoisotopic (exact) mass is 429 g/mol. The van der Waals surface area contributed by atoms with E-state index in [1.807, 2.05) is 13.8 Å². The van der Waals surface area contributed by atoms with Crippen molar-refractivity contribution in [3.05, 3.63) is 59.8 Å². The lowest BCUT2D eigenvalue weighted by atomic mass is 10.1. The molecule has 0 unspecified atom stereocenters. The Morgan fingerprint density at radius 2 is 2.00 bits per heavy atom. The van der Waals surface area contributed by atoms with Crippen LogP contribution in [0.1, 0.15) is 30.9 Å². The number of nitrogens with one attached hydrogen (secondary N) is 1. The van der Waals surface area contributed by atoms with Gasteiger partial charge in [0.2, 0.25) is 15.8 Å². The Labute approximate surface area is 172 Å². The largest absolute Gasteiger partial charge is 0.350 e. The minimum Gasteiger partial charge on any atom is -0.350 e. The van der Waals surface area contributed by atoms with Crippen LogP contribution >= 0.6 is 0 Å². The zero-order valence-corrected chi connectivity index (χ0v) is 17.4. The van der Waals surface area contributed by atoms with Gasteiger partial charge in [0.1, 0.15) is 5.82 Å². The van der Waals surface area contributed by atoms with Crippen molar-refractivity contribution < 1.29 is 12.8 Å². The number of fused-ring (bicyclic) bond motifs is 1. The summed E-state index contributed by atoms with van der Waals surface area (Å²) in [6, 6.07) is 6.14. The number of hydrogen-bond donors (Lipinski definition) is 1. The number of nitrogens with zero attached hydrogens (tertiary/aromatic N) is 6. The van der Waals surface area contributed by atoms with Gasteiger partial charge in [-0.05, 0) is 35.7 Å². The van der Waals surface area contributed by atoms with Crippen LogP contribution in [0.5, 0.6) is 0 Å². The summed E-state index contributed by atoms with van der Waals surface area (Å²) in [5, 5.41) is 11.3. The van der Waals surface area contributed by atoms with Crippen molar-refractivity contribution in [1.29, 1.82) is 0 Å². The summed E-state index contributed by atoms with van der Waals surface area (Å²) in [7, 11) is -3.65. The smallest absolute Gasteiger partial charge is 0.252 e. The maximum Gasteiger partial charge on any atom is 0.252 e. The number of rotatable bonds is 6. The lowest BCUT2D eigenvalue weighted by Crippen LogP contribution is -2.14. The summed E-state index contributed by atoms with van der Waals surface area (Å²) in [5.74, 6) is -0.108. The molecule has 0 aliphatic rings. The van der Waals surface area contributed by atoms with Crippen LogP contribution in [-0.4, -0.2) is 44.0 Å². The van der Waals surface area contributed by atoms with Gasteiger partial charge in [-0.2, -0.15) is 24.7 Å². The predicted molar refractivity (Wildman–Crippen MR) is 109 cm³/mol. The molecule has 0 aliphatic carbocycles. The number of hydrogen-bond acceptors (Lipinski definition) is 7. The maximum absolute atomic E-state index is 13.9. The van der Waals surface area contributed by atoms with E-state index in [2.05, 4.69) is 25.5 Å². The Hall–Kier alpha value is -3.34. The van der Waals surface area contributed by atoms with Crippen molar-refractivity contribution in [1.82, 2.24) is 29.4 Å². The Bertz CT molecular complexity index is 1310. The third-order valence-corrected chi connectivity index (χ3v) is 5.40. The highest BCUT2D eigenvalue weighted by Crippen LogP contribution is 2.23. The van der Waals surface area contributed by atoms with E-state index in [1.165, 1.54) is 16.6 Å². The highest BCUT2D eigenvalue weighted by atomic mass is 32.2.